The summed E-state index contributed by atoms with van der Waals surface area (Å²) in [6.45, 7) is 9.69. The van der Waals surface area contributed by atoms with Gasteiger partial charge >= 0.3 is 23.9 Å². The van der Waals surface area contributed by atoms with Gasteiger partial charge in [-0.05, 0) is 81.0 Å². The number of esters is 4. The van der Waals surface area contributed by atoms with Crippen molar-refractivity contribution in [1.29, 1.82) is 5.26 Å². The summed E-state index contributed by atoms with van der Waals surface area (Å²) in [6, 6.07) is 5.39. The third-order valence-electron chi connectivity index (χ3n) is 17.8. The minimum atomic E-state index is -1.44. The van der Waals surface area contributed by atoms with Gasteiger partial charge in [0, 0.05) is 66.4 Å². The maximum Gasteiger partial charge on any atom is 0.331 e. The number of methoxy groups -OCH3 is 2. The molecule has 81 heavy (non-hydrogen) atoms. The fourth-order valence-corrected chi connectivity index (χ4v) is 15.5. The number of fused-ring (bicyclic) bond motifs is 9. The highest BCUT2D eigenvalue weighted by atomic mass is 32.2. The molecule has 17 heteroatoms. The number of benzene rings is 3. The number of hydrogen-bond acceptors (Lipinski definition) is 17. The maximum absolute atomic E-state index is 15.4. The van der Waals surface area contributed by atoms with Crippen LogP contribution in [-0.2, 0) is 42.3 Å². The van der Waals surface area contributed by atoms with E-state index >= 15 is 4.79 Å². The van der Waals surface area contributed by atoms with E-state index in [9.17, 15) is 19.6 Å². The van der Waals surface area contributed by atoms with Crippen molar-refractivity contribution in [2.45, 2.75) is 217 Å². The Morgan fingerprint density at radius 1 is 0.741 bits per heavy atom. The van der Waals surface area contributed by atoms with Gasteiger partial charge in [-0.15, -0.1) is 11.8 Å². The Morgan fingerprint density at radius 2 is 1.37 bits per heavy atom. The van der Waals surface area contributed by atoms with Crippen LogP contribution in [0.5, 0.6) is 40.2 Å². The minimum absolute atomic E-state index is 0.0853. The lowest BCUT2D eigenvalue weighted by atomic mass is 9.71. The van der Waals surface area contributed by atoms with Gasteiger partial charge in [0.25, 0.3) is 0 Å². The highest BCUT2D eigenvalue weighted by molar-refractivity contribution is 7.99. The van der Waals surface area contributed by atoms with Crippen LogP contribution in [0.25, 0.3) is 0 Å². The lowest BCUT2D eigenvalue weighted by Gasteiger charge is -2.62. The molecule has 0 aliphatic carbocycles. The van der Waals surface area contributed by atoms with Crippen LogP contribution in [-0.4, -0.2) is 98.8 Å². The summed E-state index contributed by atoms with van der Waals surface area (Å²) >= 11 is 1.50. The predicted octanol–water partition coefficient (Wildman–Crippen LogP) is 12.2. The van der Waals surface area contributed by atoms with Crippen LogP contribution in [0.3, 0.4) is 0 Å². The van der Waals surface area contributed by atoms with Gasteiger partial charge < -0.3 is 37.9 Å². The highest BCUT2D eigenvalue weighted by Gasteiger charge is 2.62. The Hall–Kier alpha value is -5.54. The fourth-order valence-electron chi connectivity index (χ4n) is 13.8. The Labute approximate surface area is 483 Å². The predicted molar refractivity (Wildman–Crippen MR) is 310 cm³/mol. The molecule has 0 aromatic heterocycles. The number of nitrogens with one attached hydrogen (secondary N) is 1. The van der Waals surface area contributed by atoms with Crippen molar-refractivity contribution in [1.82, 2.24) is 15.1 Å². The fraction of sp³-hybridized carbons (Fsp3) is 0.641. The number of nitriles is 1. The second kappa shape index (κ2) is 27.2. The van der Waals surface area contributed by atoms with Crippen molar-refractivity contribution in [3.8, 4) is 46.3 Å². The zero-order valence-electron chi connectivity index (χ0n) is 49.2. The van der Waals surface area contributed by atoms with Crippen molar-refractivity contribution in [2.75, 3.05) is 47.0 Å². The molecule has 0 saturated carbocycles. The normalized spacial score (nSPS) is 23.3. The first-order chi connectivity index (χ1) is 39.3. The molecule has 7 aliphatic heterocycles. The molecule has 7 atom stereocenters. The van der Waals surface area contributed by atoms with E-state index in [1.54, 1.807) is 13.2 Å². The number of unbranched alkanes of at least 4 members (excludes halogenated alkanes) is 16. The number of carbonyl (C=O) groups is 4. The van der Waals surface area contributed by atoms with Crippen LogP contribution in [0.2, 0.25) is 0 Å². The van der Waals surface area contributed by atoms with Crippen molar-refractivity contribution < 1.29 is 57.1 Å². The number of hydrogen-bond donors (Lipinski definition) is 1. The molecule has 1 spiro atoms. The number of ether oxygens (including phenoxy) is 8. The van der Waals surface area contributed by atoms with Crippen LogP contribution in [0.1, 0.15) is 211 Å². The molecule has 3 aromatic rings. The summed E-state index contributed by atoms with van der Waals surface area (Å²) in [6.07, 6.45) is 22.0. The molecule has 16 nitrogen and oxygen atoms in total. The Kier molecular flexibility index (Phi) is 20.2. The summed E-state index contributed by atoms with van der Waals surface area (Å²) < 4.78 is 50.3. The lowest BCUT2D eigenvalue weighted by molar-refractivity contribution is -0.157. The number of piperazine rings is 1. The van der Waals surface area contributed by atoms with Crippen molar-refractivity contribution in [3.05, 3.63) is 62.7 Å². The van der Waals surface area contributed by atoms with Gasteiger partial charge in [0.1, 0.15) is 18.4 Å². The standard InChI is InChI=1S/C64H86N4O12S/c1-9-11-13-15-16-17-18-19-20-21-22-24-26-28-51(71)80-61-52-43(31-39(3)57(61)74-8)32-45-46(35-65)68-47-36-75-63(72)64(44-34-48(73-7)49(33-42(44)29-30-66-64)79-50(70)27-25-23-14-12-10-2)37-81-62(56(68)55(52)67(45)6)54-53(47)60-59(76-38-77-60)40(4)58(54)78-41(5)69/h31,33-34,45-47,55-56,62,66H,9-30,32,36-38H2,1-8H3/t45-,46-,47-,55?,56?,62+,64+/m0/s1. The van der Waals surface area contributed by atoms with E-state index in [-0.39, 0.29) is 50.0 Å². The molecule has 7 heterocycles. The Morgan fingerprint density at radius 3 is 1.99 bits per heavy atom. The van der Waals surface area contributed by atoms with E-state index in [2.05, 4.69) is 41.1 Å². The summed E-state index contributed by atoms with van der Waals surface area (Å²) in [7, 11) is 5.15. The number of nitrogens with zero attached hydrogens (tertiary/aromatic N) is 3. The van der Waals surface area contributed by atoms with Gasteiger partial charge in [0.2, 0.25) is 6.79 Å². The van der Waals surface area contributed by atoms with Gasteiger partial charge in [-0.2, -0.15) is 5.26 Å². The topological polar surface area (TPSA) is 184 Å². The summed E-state index contributed by atoms with van der Waals surface area (Å²) in [5, 5.41) is 14.5. The quantitative estimate of drug-likeness (QED) is 0.0479. The van der Waals surface area contributed by atoms with E-state index in [1.165, 1.54) is 83.6 Å². The number of rotatable bonds is 25. The largest absolute Gasteiger partial charge is 0.493 e. The van der Waals surface area contributed by atoms with Crippen LogP contribution >= 0.6 is 11.8 Å². The van der Waals surface area contributed by atoms with E-state index < -0.39 is 46.9 Å². The Balaban J connectivity index is 1.09. The van der Waals surface area contributed by atoms with Gasteiger partial charge in [-0.1, -0.05) is 123 Å². The first-order valence-electron chi connectivity index (χ1n) is 30.2. The molecule has 3 aromatic carbocycles. The maximum atomic E-state index is 15.4. The molecule has 0 amide bonds. The van der Waals surface area contributed by atoms with E-state index in [0.717, 1.165) is 73.6 Å². The second-order valence-corrected chi connectivity index (χ2v) is 24.3. The molecule has 10 rings (SSSR count). The van der Waals surface area contributed by atoms with Crippen LogP contribution < -0.4 is 38.5 Å². The number of carbonyl (C=O) groups excluding carboxylic acids is 4. The zero-order chi connectivity index (χ0) is 57.4. The monoisotopic (exact) mass is 1130 g/mol. The SMILES string of the molecule is CCCCCCCCCCCCCCCC(=O)Oc1c(OC)c(C)cc2c1C1C3[C@@H]4SC[C@]5(NCCc6cc(OC(=O)CCCCCCC)c(OC)cc65)C(=O)OC[C@@H](c5c6c(c(C)c(OC(C)=O)c54)OCO6)N3[C@@H](C#N)[C@H](C2)N1C. The molecule has 2 fully saturated rings. The van der Waals surface area contributed by atoms with E-state index in [4.69, 9.17) is 37.9 Å². The molecular weight excluding hydrogens is 1050 g/mol. The average Bonchev–Trinajstić information content (AvgIpc) is 3.84. The molecule has 4 bridgehead atoms. The van der Waals surface area contributed by atoms with Gasteiger partial charge in [0.15, 0.2) is 40.0 Å². The smallest absolute Gasteiger partial charge is 0.331 e. The van der Waals surface area contributed by atoms with Crippen molar-refractivity contribution in [3.63, 3.8) is 0 Å². The van der Waals surface area contributed by atoms with Crippen molar-refractivity contribution in [2.24, 2.45) is 0 Å². The summed E-state index contributed by atoms with van der Waals surface area (Å²) in [5.74, 6) is 0.992. The molecule has 0 radical (unpaired) electrons. The van der Waals surface area contributed by atoms with Crippen LogP contribution in [0.4, 0.5) is 0 Å². The molecular formula is C64H86N4O12S. The van der Waals surface area contributed by atoms with Gasteiger partial charge in [0.05, 0.1) is 37.6 Å². The number of thioether (sulfide) groups is 1. The zero-order valence-corrected chi connectivity index (χ0v) is 50.0. The van der Waals surface area contributed by atoms with E-state index in [0.29, 0.717) is 88.3 Å². The van der Waals surface area contributed by atoms with Gasteiger partial charge in [-0.3, -0.25) is 29.5 Å². The summed E-state index contributed by atoms with van der Waals surface area (Å²) in [5.41, 5.74) is 4.44. The summed E-state index contributed by atoms with van der Waals surface area (Å²) in [4.78, 5) is 60.7. The third-order valence-corrected chi connectivity index (χ3v) is 19.3. The lowest BCUT2D eigenvalue weighted by Crippen LogP contribution is -2.69. The third kappa shape index (κ3) is 12.3. The molecule has 440 valence electrons. The van der Waals surface area contributed by atoms with Crippen molar-refractivity contribution >= 4 is 35.6 Å². The average molecular weight is 1140 g/mol. The molecule has 2 unspecified atom stereocenters. The minimum Gasteiger partial charge on any atom is -0.493 e. The van der Waals surface area contributed by atoms with E-state index in [1.807, 2.05) is 27.0 Å². The molecule has 1 N–H and O–H groups in total. The van der Waals surface area contributed by atoms with Crippen LogP contribution in [0, 0.1) is 25.2 Å². The molecule has 7 aliphatic rings. The molecule has 2 saturated heterocycles. The van der Waals surface area contributed by atoms with Crippen LogP contribution in [0.15, 0.2) is 18.2 Å². The first kappa shape index (κ1) is 60.1. The highest BCUT2D eigenvalue weighted by Crippen LogP contribution is 2.65. The first-order valence-corrected chi connectivity index (χ1v) is 31.3. The second-order valence-electron chi connectivity index (χ2n) is 23.2. The Bertz CT molecular complexity index is 2830. The number of aryl methyl sites for hydroxylation is 1. The number of likely N-dealkylation sites (N-methyl/N-ethyl adjacent to an activating group) is 1. The van der Waals surface area contributed by atoms with Gasteiger partial charge in [-0.25, -0.2) is 4.79 Å².